The van der Waals surface area contributed by atoms with Crippen LogP contribution in [0.25, 0.3) is 0 Å². The van der Waals surface area contributed by atoms with Gasteiger partial charge in [-0.15, -0.1) is 0 Å². The molecule has 1 rings (SSSR count). The second-order valence-corrected chi connectivity index (χ2v) is 3.79. The molecule has 0 spiro atoms. The third-order valence-corrected chi connectivity index (χ3v) is 2.38. The standard InChI is InChI=1S/C14H20O4/c1-3-17-14(15)12-6-8-13(9-7-12)18-11-5-4-10-16-2/h6-9H,3-5,10-11H2,1-2H3. The molecule has 1 aromatic carbocycles. The van der Waals surface area contributed by atoms with E-state index in [9.17, 15) is 4.79 Å². The highest BCUT2D eigenvalue weighted by atomic mass is 16.5. The van der Waals surface area contributed by atoms with Gasteiger partial charge < -0.3 is 14.2 Å². The van der Waals surface area contributed by atoms with Crippen molar-refractivity contribution in [2.45, 2.75) is 19.8 Å². The zero-order valence-electron chi connectivity index (χ0n) is 11.0. The molecule has 4 nitrogen and oxygen atoms in total. The highest BCUT2D eigenvalue weighted by Crippen LogP contribution is 2.13. The lowest BCUT2D eigenvalue weighted by molar-refractivity contribution is 0.0526. The molecular weight excluding hydrogens is 232 g/mol. The van der Waals surface area contributed by atoms with Gasteiger partial charge in [0, 0.05) is 13.7 Å². The molecule has 0 N–H and O–H groups in total. The lowest BCUT2D eigenvalue weighted by Gasteiger charge is -2.07. The van der Waals surface area contributed by atoms with Crippen LogP contribution in [0, 0.1) is 0 Å². The minimum atomic E-state index is -0.302. The van der Waals surface area contributed by atoms with Gasteiger partial charge in [-0.2, -0.15) is 0 Å². The number of esters is 1. The van der Waals surface area contributed by atoms with Crippen molar-refractivity contribution in [3.05, 3.63) is 29.8 Å². The lowest BCUT2D eigenvalue weighted by atomic mass is 10.2. The largest absolute Gasteiger partial charge is 0.494 e. The van der Waals surface area contributed by atoms with Gasteiger partial charge in [0.1, 0.15) is 5.75 Å². The van der Waals surface area contributed by atoms with Crippen molar-refractivity contribution in [1.82, 2.24) is 0 Å². The maximum atomic E-state index is 11.4. The first kappa shape index (κ1) is 14.5. The molecule has 0 saturated heterocycles. The molecule has 0 aliphatic rings. The molecule has 100 valence electrons. The Morgan fingerprint density at radius 2 is 1.78 bits per heavy atom. The SMILES string of the molecule is CCOC(=O)c1ccc(OCCCCOC)cc1. The highest BCUT2D eigenvalue weighted by Gasteiger charge is 2.05. The predicted octanol–water partition coefficient (Wildman–Crippen LogP) is 2.67. The van der Waals surface area contributed by atoms with Crippen molar-refractivity contribution in [1.29, 1.82) is 0 Å². The fourth-order valence-electron chi connectivity index (χ4n) is 1.44. The molecule has 1 aromatic rings. The van der Waals surface area contributed by atoms with Gasteiger partial charge in [0.05, 0.1) is 18.8 Å². The number of methoxy groups -OCH3 is 1. The van der Waals surface area contributed by atoms with Gasteiger partial charge in [-0.05, 0) is 44.0 Å². The van der Waals surface area contributed by atoms with Crippen molar-refractivity contribution >= 4 is 5.97 Å². The van der Waals surface area contributed by atoms with E-state index in [1.165, 1.54) is 0 Å². The van der Waals surface area contributed by atoms with Crippen LogP contribution >= 0.6 is 0 Å². The molecule has 0 fully saturated rings. The van der Waals surface area contributed by atoms with Crippen molar-refractivity contribution in [2.75, 3.05) is 26.9 Å². The number of benzene rings is 1. The van der Waals surface area contributed by atoms with E-state index in [-0.39, 0.29) is 5.97 Å². The number of rotatable bonds is 8. The molecule has 0 bridgehead atoms. The first-order valence-corrected chi connectivity index (χ1v) is 6.17. The number of carbonyl (C=O) groups excluding carboxylic acids is 1. The third-order valence-electron chi connectivity index (χ3n) is 2.38. The molecule has 0 heterocycles. The Morgan fingerprint density at radius 1 is 1.11 bits per heavy atom. The average molecular weight is 252 g/mol. The monoisotopic (exact) mass is 252 g/mol. The molecule has 0 aromatic heterocycles. The summed E-state index contributed by atoms with van der Waals surface area (Å²) < 4.78 is 15.4. The Bertz CT molecular complexity index is 345. The van der Waals surface area contributed by atoms with E-state index in [1.54, 1.807) is 38.3 Å². The van der Waals surface area contributed by atoms with Crippen LogP contribution in [0.2, 0.25) is 0 Å². The van der Waals surface area contributed by atoms with Crippen LogP contribution in [-0.4, -0.2) is 32.9 Å². The first-order chi connectivity index (χ1) is 8.77. The number of unbranched alkanes of at least 4 members (excludes halogenated alkanes) is 1. The van der Waals surface area contributed by atoms with E-state index < -0.39 is 0 Å². The first-order valence-electron chi connectivity index (χ1n) is 6.17. The molecule has 0 amide bonds. The summed E-state index contributed by atoms with van der Waals surface area (Å²) in [6.45, 7) is 3.58. The average Bonchev–Trinajstić information content (AvgIpc) is 2.39. The van der Waals surface area contributed by atoms with Crippen molar-refractivity contribution in [2.24, 2.45) is 0 Å². The van der Waals surface area contributed by atoms with Gasteiger partial charge in [0.15, 0.2) is 0 Å². The minimum Gasteiger partial charge on any atom is -0.494 e. The molecule has 0 unspecified atom stereocenters. The van der Waals surface area contributed by atoms with E-state index in [1.807, 2.05) is 0 Å². The van der Waals surface area contributed by atoms with Gasteiger partial charge in [0.2, 0.25) is 0 Å². The summed E-state index contributed by atoms with van der Waals surface area (Å²) in [5, 5.41) is 0. The number of hydrogen-bond donors (Lipinski definition) is 0. The van der Waals surface area contributed by atoms with Gasteiger partial charge in [-0.3, -0.25) is 0 Å². The lowest BCUT2D eigenvalue weighted by Crippen LogP contribution is -2.04. The predicted molar refractivity (Wildman–Crippen MR) is 69.0 cm³/mol. The van der Waals surface area contributed by atoms with Crippen LogP contribution in [0.3, 0.4) is 0 Å². The Morgan fingerprint density at radius 3 is 2.39 bits per heavy atom. The molecule has 4 heteroatoms. The smallest absolute Gasteiger partial charge is 0.338 e. The van der Waals surface area contributed by atoms with E-state index in [2.05, 4.69) is 0 Å². The highest BCUT2D eigenvalue weighted by molar-refractivity contribution is 5.89. The van der Waals surface area contributed by atoms with Crippen LogP contribution < -0.4 is 4.74 Å². The Balaban J connectivity index is 2.33. The molecule has 0 aliphatic carbocycles. The third kappa shape index (κ3) is 5.19. The van der Waals surface area contributed by atoms with Crippen LogP contribution in [0.15, 0.2) is 24.3 Å². The molecular formula is C14H20O4. The fourth-order valence-corrected chi connectivity index (χ4v) is 1.44. The van der Waals surface area contributed by atoms with Crippen LogP contribution in [0.5, 0.6) is 5.75 Å². The number of carbonyl (C=O) groups is 1. The van der Waals surface area contributed by atoms with Crippen molar-refractivity contribution in [3.63, 3.8) is 0 Å². The van der Waals surface area contributed by atoms with E-state index in [0.717, 1.165) is 25.2 Å². The zero-order chi connectivity index (χ0) is 13.2. The summed E-state index contributed by atoms with van der Waals surface area (Å²) in [4.78, 5) is 11.4. The van der Waals surface area contributed by atoms with Crippen LogP contribution in [-0.2, 0) is 9.47 Å². The number of hydrogen-bond acceptors (Lipinski definition) is 4. The van der Waals surface area contributed by atoms with E-state index in [4.69, 9.17) is 14.2 Å². The Kier molecular flexibility index (Phi) is 6.87. The van der Waals surface area contributed by atoms with E-state index in [0.29, 0.717) is 18.8 Å². The minimum absolute atomic E-state index is 0.302. The molecule has 0 aliphatic heterocycles. The fraction of sp³-hybridized carbons (Fsp3) is 0.500. The summed E-state index contributed by atoms with van der Waals surface area (Å²) in [6, 6.07) is 6.98. The second kappa shape index (κ2) is 8.53. The molecule has 0 radical (unpaired) electrons. The van der Waals surface area contributed by atoms with Crippen LogP contribution in [0.4, 0.5) is 0 Å². The normalized spacial score (nSPS) is 10.1. The summed E-state index contributed by atoms with van der Waals surface area (Å²) in [5.74, 6) is 0.463. The summed E-state index contributed by atoms with van der Waals surface area (Å²) >= 11 is 0. The van der Waals surface area contributed by atoms with Crippen molar-refractivity contribution in [3.8, 4) is 5.75 Å². The zero-order valence-corrected chi connectivity index (χ0v) is 11.0. The Hall–Kier alpha value is -1.55. The van der Waals surface area contributed by atoms with Crippen molar-refractivity contribution < 1.29 is 19.0 Å². The van der Waals surface area contributed by atoms with Gasteiger partial charge in [0.25, 0.3) is 0 Å². The van der Waals surface area contributed by atoms with Gasteiger partial charge >= 0.3 is 5.97 Å². The van der Waals surface area contributed by atoms with E-state index >= 15 is 0 Å². The van der Waals surface area contributed by atoms with Crippen LogP contribution in [0.1, 0.15) is 30.1 Å². The molecule has 0 atom stereocenters. The molecule has 18 heavy (non-hydrogen) atoms. The summed E-state index contributed by atoms with van der Waals surface area (Å²) in [7, 11) is 1.69. The Labute approximate surface area is 108 Å². The topological polar surface area (TPSA) is 44.8 Å². The summed E-state index contributed by atoms with van der Waals surface area (Å²) in [5.41, 5.74) is 0.545. The molecule has 0 saturated carbocycles. The van der Waals surface area contributed by atoms with Gasteiger partial charge in [-0.1, -0.05) is 0 Å². The number of ether oxygens (including phenoxy) is 3. The summed E-state index contributed by atoms with van der Waals surface area (Å²) in [6.07, 6.45) is 1.94. The maximum absolute atomic E-state index is 11.4. The quantitative estimate of drug-likeness (QED) is 0.527. The maximum Gasteiger partial charge on any atom is 0.338 e. The van der Waals surface area contributed by atoms with Gasteiger partial charge in [-0.25, -0.2) is 4.79 Å². The second-order valence-electron chi connectivity index (χ2n) is 3.79.